The number of benzene rings is 1. The molecular formula is C13H14N2O3. The van der Waals surface area contributed by atoms with Crippen molar-refractivity contribution >= 4 is 17.0 Å². The number of hydrogen-bond acceptors (Lipinski definition) is 3. The molecule has 0 aliphatic rings. The maximum atomic E-state index is 10.4. The van der Waals surface area contributed by atoms with Gasteiger partial charge in [-0.15, -0.1) is 0 Å². The Hall–Kier alpha value is -2.30. The highest BCUT2D eigenvalue weighted by Crippen LogP contribution is 2.29. The lowest BCUT2D eigenvalue weighted by Gasteiger charge is -2.02. The first-order chi connectivity index (χ1) is 8.72. The van der Waals surface area contributed by atoms with Gasteiger partial charge < -0.3 is 9.72 Å². The number of rotatable bonds is 5. The van der Waals surface area contributed by atoms with Crippen LogP contribution in [0, 0.1) is 10.1 Å². The number of nitrogens with zero attached hydrogens (tertiary/aromatic N) is 1. The van der Waals surface area contributed by atoms with Crippen LogP contribution < -0.4 is 4.74 Å². The molecule has 0 spiro atoms. The van der Waals surface area contributed by atoms with E-state index in [1.165, 1.54) is 6.08 Å². The van der Waals surface area contributed by atoms with Gasteiger partial charge in [-0.05, 0) is 12.5 Å². The number of ether oxygens (including phenoxy) is 1. The Kier molecular flexibility index (Phi) is 3.62. The molecule has 94 valence electrons. The first-order valence-corrected chi connectivity index (χ1v) is 5.77. The topological polar surface area (TPSA) is 68.2 Å². The maximum Gasteiger partial charge on any atom is 0.235 e. The molecule has 5 nitrogen and oxygen atoms in total. The predicted molar refractivity (Wildman–Crippen MR) is 70.1 cm³/mol. The molecule has 0 radical (unpaired) electrons. The highest BCUT2D eigenvalue weighted by Gasteiger charge is 2.10. The summed E-state index contributed by atoms with van der Waals surface area (Å²) in [4.78, 5) is 13.1. The fourth-order valence-corrected chi connectivity index (χ4v) is 1.76. The van der Waals surface area contributed by atoms with Crippen LogP contribution in [-0.4, -0.2) is 16.5 Å². The van der Waals surface area contributed by atoms with Crippen molar-refractivity contribution in [1.82, 2.24) is 4.98 Å². The summed E-state index contributed by atoms with van der Waals surface area (Å²) < 4.78 is 5.57. The third kappa shape index (κ3) is 2.51. The van der Waals surface area contributed by atoms with Crippen LogP contribution in [-0.2, 0) is 0 Å². The van der Waals surface area contributed by atoms with Crippen molar-refractivity contribution in [2.75, 3.05) is 6.61 Å². The zero-order valence-electron chi connectivity index (χ0n) is 10.1. The molecule has 1 N–H and O–H groups in total. The zero-order chi connectivity index (χ0) is 13.0. The van der Waals surface area contributed by atoms with Gasteiger partial charge in [0.15, 0.2) is 5.88 Å². The monoisotopic (exact) mass is 246 g/mol. The Balaban J connectivity index is 2.47. The van der Waals surface area contributed by atoms with E-state index < -0.39 is 4.92 Å². The summed E-state index contributed by atoms with van der Waals surface area (Å²) >= 11 is 0. The van der Waals surface area contributed by atoms with Crippen molar-refractivity contribution in [2.45, 2.75) is 13.3 Å². The van der Waals surface area contributed by atoms with Crippen molar-refractivity contribution in [3.63, 3.8) is 0 Å². The van der Waals surface area contributed by atoms with Gasteiger partial charge in [0, 0.05) is 17.0 Å². The van der Waals surface area contributed by atoms with Crippen LogP contribution in [0.1, 0.15) is 18.9 Å². The molecule has 2 aromatic rings. The summed E-state index contributed by atoms with van der Waals surface area (Å²) in [5.41, 5.74) is 1.63. The maximum absolute atomic E-state index is 10.4. The van der Waals surface area contributed by atoms with Crippen LogP contribution in [0.15, 0.2) is 30.5 Å². The van der Waals surface area contributed by atoms with Crippen LogP contribution in [0.4, 0.5) is 0 Å². The second-order valence-corrected chi connectivity index (χ2v) is 3.86. The van der Waals surface area contributed by atoms with Gasteiger partial charge >= 0.3 is 0 Å². The third-order valence-electron chi connectivity index (χ3n) is 2.52. The standard InChI is InChI=1S/C13H14N2O3/c1-2-9-18-13-11(7-8-15(16)17)10-5-3-4-6-12(10)14-13/h3-8,14H,2,9H2,1H3/b8-7+. The van der Waals surface area contributed by atoms with Gasteiger partial charge in [-0.2, -0.15) is 0 Å². The van der Waals surface area contributed by atoms with E-state index in [0.717, 1.165) is 29.1 Å². The van der Waals surface area contributed by atoms with E-state index in [0.29, 0.717) is 12.5 Å². The molecule has 0 unspecified atom stereocenters. The molecule has 0 saturated carbocycles. The number of fused-ring (bicyclic) bond motifs is 1. The van der Waals surface area contributed by atoms with Crippen LogP contribution in [0.25, 0.3) is 17.0 Å². The lowest BCUT2D eigenvalue weighted by Crippen LogP contribution is -1.96. The molecule has 1 aromatic heterocycles. The summed E-state index contributed by atoms with van der Waals surface area (Å²) in [7, 11) is 0. The minimum absolute atomic E-state index is 0.481. The number of H-pyrrole nitrogens is 1. The van der Waals surface area contributed by atoms with Gasteiger partial charge in [0.05, 0.1) is 17.1 Å². The number of para-hydroxylation sites is 1. The minimum atomic E-state index is -0.481. The third-order valence-corrected chi connectivity index (χ3v) is 2.52. The molecule has 5 heteroatoms. The second-order valence-electron chi connectivity index (χ2n) is 3.86. The molecule has 1 heterocycles. The zero-order valence-corrected chi connectivity index (χ0v) is 10.1. The molecule has 2 rings (SSSR count). The average molecular weight is 246 g/mol. The number of nitrogens with one attached hydrogen (secondary N) is 1. The van der Waals surface area contributed by atoms with Gasteiger partial charge in [0.2, 0.25) is 6.20 Å². The minimum Gasteiger partial charge on any atom is -0.479 e. The van der Waals surface area contributed by atoms with Crippen molar-refractivity contribution in [1.29, 1.82) is 0 Å². The SMILES string of the molecule is CCCOc1[nH]c2ccccc2c1/C=C/[N+](=O)[O-]. The Morgan fingerprint density at radius 2 is 2.22 bits per heavy atom. The molecule has 18 heavy (non-hydrogen) atoms. The normalized spacial score (nSPS) is 11.2. The summed E-state index contributed by atoms with van der Waals surface area (Å²) in [6.45, 7) is 2.58. The number of hydrogen-bond donors (Lipinski definition) is 1. The first kappa shape index (κ1) is 12.2. The van der Waals surface area contributed by atoms with Gasteiger partial charge in [-0.3, -0.25) is 10.1 Å². The second kappa shape index (κ2) is 5.35. The molecular weight excluding hydrogens is 232 g/mol. The van der Waals surface area contributed by atoms with E-state index in [2.05, 4.69) is 4.98 Å². The average Bonchev–Trinajstić information content (AvgIpc) is 2.71. The van der Waals surface area contributed by atoms with Crippen molar-refractivity contribution in [3.05, 3.63) is 46.1 Å². The van der Waals surface area contributed by atoms with E-state index in [-0.39, 0.29) is 0 Å². The molecule has 1 aromatic carbocycles. The van der Waals surface area contributed by atoms with E-state index >= 15 is 0 Å². The molecule has 0 atom stereocenters. The smallest absolute Gasteiger partial charge is 0.235 e. The Labute approximate surface area is 104 Å². The molecule has 0 saturated heterocycles. The van der Waals surface area contributed by atoms with Gasteiger partial charge in [-0.1, -0.05) is 25.1 Å². The highest BCUT2D eigenvalue weighted by molar-refractivity contribution is 5.91. The van der Waals surface area contributed by atoms with E-state index in [9.17, 15) is 10.1 Å². The first-order valence-electron chi connectivity index (χ1n) is 5.77. The summed E-state index contributed by atoms with van der Waals surface area (Å²) in [5, 5.41) is 11.3. The van der Waals surface area contributed by atoms with Crippen LogP contribution >= 0.6 is 0 Å². The lowest BCUT2D eigenvalue weighted by molar-refractivity contribution is -0.400. The Bertz CT molecular complexity index is 587. The Morgan fingerprint density at radius 3 is 2.94 bits per heavy atom. The Morgan fingerprint density at radius 1 is 1.44 bits per heavy atom. The summed E-state index contributed by atoms with van der Waals surface area (Å²) in [6, 6.07) is 7.62. The van der Waals surface area contributed by atoms with E-state index in [1.54, 1.807) is 0 Å². The fourth-order valence-electron chi connectivity index (χ4n) is 1.76. The lowest BCUT2D eigenvalue weighted by atomic mass is 10.1. The van der Waals surface area contributed by atoms with Crippen LogP contribution in [0.2, 0.25) is 0 Å². The van der Waals surface area contributed by atoms with Gasteiger partial charge in [0.25, 0.3) is 0 Å². The van der Waals surface area contributed by atoms with Gasteiger partial charge in [-0.25, -0.2) is 0 Å². The number of nitro groups is 1. The fraction of sp³-hybridized carbons (Fsp3) is 0.231. The summed E-state index contributed by atoms with van der Waals surface area (Å²) in [6.07, 6.45) is 3.27. The van der Waals surface area contributed by atoms with E-state index in [1.807, 2.05) is 31.2 Å². The van der Waals surface area contributed by atoms with Crippen LogP contribution in [0.5, 0.6) is 5.88 Å². The number of aromatic amines is 1. The molecule has 0 aliphatic carbocycles. The van der Waals surface area contributed by atoms with Crippen LogP contribution in [0.3, 0.4) is 0 Å². The molecule has 0 aliphatic heterocycles. The van der Waals surface area contributed by atoms with Gasteiger partial charge in [0.1, 0.15) is 0 Å². The number of aromatic nitrogens is 1. The van der Waals surface area contributed by atoms with Crippen molar-refractivity contribution in [3.8, 4) is 5.88 Å². The van der Waals surface area contributed by atoms with E-state index in [4.69, 9.17) is 4.74 Å². The summed E-state index contributed by atoms with van der Waals surface area (Å²) in [5.74, 6) is 0.580. The highest BCUT2D eigenvalue weighted by atomic mass is 16.6. The largest absolute Gasteiger partial charge is 0.479 e. The quantitative estimate of drug-likeness (QED) is 0.650. The molecule has 0 bridgehead atoms. The van der Waals surface area contributed by atoms with Crippen molar-refractivity contribution in [2.24, 2.45) is 0 Å². The molecule has 0 amide bonds. The predicted octanol–water partition coefficient (Wildman–Crippen LogP) is 3.20. The molecule has 0 fully saturated rings. The van der Waals surface area contributed by atoms with Crippen molar-refractivity contribution < 1.29 is 9.66 Å².